The summed E-state index contributed by atoms with van der Waals surface area (Å²) in [4.78, 5) is 0. The highest BCUT2D eigenvalue weighted by Gasteiger charge is 2.31. The molecule has 2 aromatic carbocycles. The summed E-state index contributed by atoms with van der Waals surface area (Å²) < 4.78 is 75.7. The first-order chi connectivity index (χ1) is 13.1. The van der Waals surface area contributed by atoms with Crippen molar-refractivity contribution in [1.29, 1.82) is 0 Å². The van der Waals surface area contributed by atoms with E-state index in [1.807, 2.05) is 0 Å². The zero-order valence-corrected chi connectivity index (χ0v) is 16.6. The molecule has 0 amide bonds. The third kappa shape index (κ3) is 5.39. The third-order valence-corrected chi connectivity index (χ3v) is 6.03. The Morgan fingerprint density at radius 3 is 2.21 bits per heavy atom. The summed E-state index contributed by atoms with van der Waals surface area (Å²) in [6, 6.07) is 9.40. The molecule has 0 unspecified atom stereocenters. The average molecular weight is 417 g/mol. The third-order valence-electron chi connectivity index (χ3n) is 4.16. The largest absolute Gasteiger partial charge is 0.493 e. The van der Waals surface area contributed by atoms with Gasteiger partial charge in [0.2, 0.25) is 10.0 Å². The molecule has 0 saturated heterocycles. The molecule has 0 atom stereocenters. The lowest BCUT2D eigenvalue weighted by atomic mass is 10.1. The highest BCUT2D eigenvalue weighted by atomic mass is 32.2. The minimum absolute atomic E-state index is 0.0676. The second kappa shape index (κ2) is 8.83. The number of methoxy groups -OCH3 is 2. The average Bonchev–Trinajstić information content (AvgIpc) is 2.64. The molecule has 0 spiro atoms. The molecule has 0 saturated carbocycles. The summed E-state index contributed by atoms with van der Waals surface area (Å²) >= 11 is 0. The normalized spacial score (nSPS) is 12.2. The van der Waals surface area contributed by atoms with Crippen LogP contribution >= 0.6 is 0 Å². The molecule has 28 heavy (non-hydrogen) atoms. The second-order valence-corrected chi connectivity index (χ2v) is 8.04. The zero-order chi connectivity index (χ0) is 20.9. The lowest BCUT2D eigenvalue weighted by Gasteiger charge is -2.21. The molecule has 0 fully saturated rings. The van der Waals surface area contributed by atoms with Gasteiger partial charge in [-0.05, 0) is 29.3 Å². The minimum atomic E-state index is -4.52. The fraction of sp³-hybridized carbons (Fsp3) is 0.368. The first-order valence-corrected chi connectivity index (χ1v) is 10.1. The molecule has 0 heterocycles. The van der Waals surface area contributed by atoms with E-state index in [0.717, 1.165) is 12.1 Å². The van der Waals surface area contributed by atoms with Crippen molar-refractivity contribution in [2.24, 2.45) is 0 Å². The number of halogens is 3. The lowest BCUT2D eigenvalue weighted by Crippen LogP contribution is -2.31. The maximum absolute atomic E-state index is 12.9. The van der Waals surface area contributed by atoms with E-state index in [-0.39, 0.29) is 18.7 Å². The van der Waals surface area contributed by atoms with Gasteiger partial charge in [-0.15, -0.1) is 0 Å². The van der Waals surface area contributed by atoms with Crippen LogP contribution in [0.3, 0.4) is 0 Å². The van der Waals surface area contributed by atoms with Crippen LogP contribution in [0.15, 0.2) is 42.5 Å². The molecule has 0 N–H and O–H groups in total. The summed E-state index contributed by atoms with van der Waals surface area (Å²) in [5, 5.41) is 0. The number of ether oxygens (including phenoxy) is 2. The van der Waals surface area contributed by atoms with Gasteiger partial charge in [0.25, 0.3) is 0 Å². The van der Waals surface area contributed by atoms with Gasteiger partial charge < -0.3 is 9.47 Å². The van der Waals surface area contributed by atoms with Crippen molar-refractivity contribution >= 4 is 10.0 Å². The van der Waals surface area contributed by atoms with Crippen molar-refractivity contribution in [3.8, 4) is 11.5 Å². The van der Waals surface area contributed by atoms with Gasteiger partial charge in [0.15, 0.2) is 11.5 Å². The highest BCUT2D eigenvalue weighted by Crippen LogP contribution is 2.31. The van der Waals surface area contributed by atoms with Gasteiger partial charge in [-0.3, -0.25) is 0 Å². The fourth-order valence-corrected chi connectivity index (χ4v) is 4.25. The Hall–Kier alpha value is -2.26. The molecule has 0 aromatic heterocycles. The monoisotopic (exact) mass is 417 g/mol. The Kier molecular flexibility index (Phi) is 6.95. The lowest BCUT2D eigenvalue weighted by molar-refractivity contribution is -0.137. The molecule has 2 rings (SSSR count). The number of rotatable bonds is 8. The maximum Gasteiger partial charge on any atom is 0.416 e. The van der Waals surface area contributed by atoms with E-state index in [1.54, 1.807) is 25.1 Å². The Bertz CT molecular complexity index is 914. The molecular weight excluding hydrogens is 395 g/mol. The van der Waals surface area contributed by atoms with Crippen LogP contribution in [-0.2, 0) is 28.5 Å². The molecule has 0 aliphatic heterocycles. The van der Waals surface area contributed by atoms with Gasteiger partial charge in [0.1, 0.15) is 0 Å². The van der Waals surface area contributed by atoms with Crippen LogP contribution in [0.25, 0.3) is 0 Å². The van der Waals surface area contributed by atoms with E-state index in [2.05, 4.69) is 0 Å². The standard InChI is InChI=1S/C19H22F3NO4S/c1-4-23(12-14-8-9-17(26-2)18(11-14)27-3)28(24,25)13-15-6-5-7-16(10-15)19(20,21)22/h5-11H,4,12-13H2,1-3H3. The molecule has 0 aliphatic rings. The summed E-state index contributed by atoms with van der Waals surface area (Å²) in [6.07, 6.45) is -4.52. The van der Waals surface area contributed by atoms with E-state index < -0.39 is 27.5 Å². The predicted octanol–water partition coefficient (Wildman–Crippen LogP) is 4.07. The van der Waals surface area contributed by atoms with Crippen molar-refractivity contribution in [3.63, 3.8) is 0 Å². The molecule has 0 radical (unpaired) electrons. The minimum Gasteiger partial charge on any atom is -0.493 e. The number of hydrogen-bond acceptors (Lipinski definition) is 4. The van der Waals surface area contributed by atoms with Crippen LogP contribution in [0.4, 0.5) is 13.2 Å². The Morgan fingerprint density at radius 2 is 1.64 bits per heavy atom. The fourth-order valence-electron chi connectivity index (χ4n) is 2.73. The quantitative estimate of drug-likeness (QED) is 0.650. The van der Waals surface area contributed by atoms with Gasteiger partial charge in [0.05, 0.1) is 25.5 Å². The molecular formula is C19H22F3NO4S. The van der Waals surface area contributed by atoms with Crippen molar-refractivity contribution in [1.82, 2.24) is 4.31 Å². The summed E-state index contributed by atoms with van der Waals surface area (Å²) in [6.45, 7) is 1.91. The van der Waals surface area contributed by atoms with Crippen molar-refractivity contribution in [2.45, 2.75) is 25.4 Å². The number of alkyl halides is 3. The number of sulfonamides is 1. The summed E-state index contributed by atoms with van der Waals surface area (Å²) in [5.41, 5.74) is -0.115. The SMILES string of the molecule is CCN(Cc1ccc(OC)c(OC)c1)S(=O)(=O)Cc1cccc(C(F)(F)F)c1. The van der Waals surface area contributed by atoms with Crippen molar-refractivity contribution in [3.05, 3.63) is 59.2 Å². The van der Waals surface area contributed by atoms with Gasteiger partial charge in [-0.1, -0.05) is 31.2 Å². The van der Waals surface area contributed by atoms with Gasteiger partial charge >= 0.3 is 6.18 Å². The summed E-state index contributed by atoms with van der Waals surface area (Å²) in [7, 11) is -0.856. The van der Waals surface area contributed by atoms with Crippen molar-refractivity contribution < 1.29 is 31.1 Å². The van der Waals surface area contributed by atoms with Gasteiger partial charge in [-0.2, -0.15) is 17.5 Å². The number of nitrogens with zero attached hydrogens (tertiary/aromatic N) is 1. The maximum atomic E-state index is 12.9. The van der Waals surface area contributed by atoms with E-state index in [0.29, 0.717) is 17.1 Å². The molecule has 0 aliphatic carbocycles. The topological polar surface area (TPSA) is 55.8 Å². The van der Waals surface area contributed by atoms with Crippen LogP contribution in [-0.4, -0.2) is 33.5 Å². The predicted molar refractivity (Wildman–Crippen MR) is 99.7 cm³/mol. The van der Waals surface area contributed by atoms with Crippen LogP contribution in [0.5, 0.6) is 11.5 Å². The molecule has 5 nitrogen and oxygen atoms in total. The van der Waals surface area contributed by atoms with E-state index >= 15 is 0 Å². The van der Waals surface area contributed by atoms with Gasteiger partial charge in [0, 0.05) is 13.1 Å². The molecule has 154 valence electrons. The van der Waals surface area contributed by atoms with Crippen LogP contribution in [0.1, 0.15) is 23.6 Å². The molecule has 0 bridgehead atoms. The van der Waals surface area contributed by atoms with Crippen molar-refractivity contribution in [2.75, 3.05) is 20.8 Å². The smallest absolute Gasteiger partial charge is 0.416 e. The van der Waals surface area contributed by atoms with E-state index in [1.165, 1.54) is 30.7 Å². The van der Waals surface area contributed by atoms with Crippen LogP contribution in [0, 0.1) is 0 Å². The van der Waals surface area contributed by atoms with Crippen LogP contribution in [0.2, 0.25) is 0 Å². The van der Waals surface area contributed by atoms with Crippen LogP contribution < -0.4 is 9.47 Å². The Balaban J connectivity index is 2.23. The first kappa shape index (κ1) is 22.0. The Morgan fingerprint density at radius 1 is 0.964 bits per heavy atom. The molecule has 2 aromatic rings. The first-order valence-electron chi connectivity index (χ1n) is 8.45. The summed E-state index contributed by atoms with van der Waals surface area (Å²) in [5.74, 6) is 0.463. The highest BCUT2D eigenvalue weighted by molar-refractivity contribution is 7.88. The second-order valence-electron chi connectivity index (χ2n) is 6.07. The number of benzene rings is 2. The molecule has 9 heteroatoms. The zero-order valence-electron chi connectivity index (χ0n) is 15.8. The Labute approximate surface area is 162 Å². The number of hydrogen-bond donors (Lipinski definition) is 0. The van der Waals surface area contributed by atoms with Gasteiger partial charge in [-0.25, -0.2) is 8.42 Å². The van der Waals surface area contributed by atoms with E-state index in [4.69, 9.17) is 9.47 Å². The van der Waals surface area contributed by atoms with E-state index in [9.17, 15) is 21.6 Å².